The number of hydrogen-bond donors (Lipinski definition) is 1. The van der Waals surface area contributed by atoms with Crippen molar-refractivity contribution in [2.24, 2.45) is 0 Å². The molecule has 11 heteroatoms. The molecule has 33 heavy (non-hydrogen) atoms. The molecule has 2 fully saturated rings. The molecule has 0 bridgehead atoms. The van der Waals surface area contributed by atoms with Gasteiger partial charge in [0, 0.05) is 43.3 Å². The number of hydrogen-bond acceptors (Lipinski definition) is 9. The lowest BCUT2D eigenvalue weighted by Crippen LogP contribution is -2.48. The quantitative estimate of drug-likeness (QED) is 0.585. The predicted octanol–water partition coefficient (Wildman–Crippen LogP) is 2.49. The molecular weight excluding hydrogens is 460 g/mol. The van der Waals surface area contributed by atoms with Crippen LogP contribution in [0.3, 0.4) is 0 Å². The number of ether oxygens (including phenoxy) is 1. The van der Waals surface area contributed by atoms with E-state index in [0.29, 0.717) is 16.4 Å². The molecule has 2 saturated heterocycles. The number of aromatic nitrogens is 3. The minimum Gasteiger partial charge on any atom is -0.378 e. The highest BCUT2D eigenvalue weighted by atomic mass is 32.2. The zero-order chi connectivity index (χ0) is 23.0. The summed E-state index contributed by atoms with van der Waals surface area (Å²) < 4.78 is 34.6. The standard InChI is InChI=1S/C22H28N6O3S2/c1-15-22(32-16(2)25-15)33(29,30)26-17-4-3-7-28(13-17)21-19-6-5-18(12-20(19)23-14-24-21)27-8-10-31-11-9-27/h5-6,12,14,17,26H,3-4,7-11,13H2,1-2H3. The molecule has 2 aliphatic heterocycles. The molecule has 1 unspecified atom stereocenters. The van der Waals surface area contributed by atoms with Gasteiger partial charge in [-0.15, -0.1) is 11.3 Å². The second kappa shape index (κ2) is 9.13. The highest BCUT2D eigenvalue weighted by Gasteiger charge is 2.29. The van der Waals surface area contributed by atoms with Crippen LogP contribution in [0.25, 0.3) is 10.9 Å². The molecule has 2 aromatic heterocycles. The third-order valence-electron chi connectivity index (χ3n) is 6.12. The summed E-state index contributed by atoms with van der Waals surface area (Å²) in [6.45, 7) is 8.17. The first-order chi connectivity index (χ1) is 15.9. The normalized spacial score (nSPS) is 19.9. The Morgan fingerprint density at radius 3 is 2.70 bits per heavy atom. The first-order valence-corrected chi connectivity index (χ1v) is 13.5. The van der Waals surface area contributed by atoms with Crippen molar-refractivity contribution in [1.29, 1.82) is 0 Å². The maximum Gasteiger partial charge on any atom is 0.252 e. The summed E-state index contributed by atoms with van der Waals surface area (Å²) in [5.41, 5.74) is 2.58. The average molecular weight is 489 g/mol. The third-order valence-corrected chi connectivity index (χ3v) is 9.33. The van der Waals surface area contributed by atoms with Crippen LogP contribution in [-0.2, 0) is 14.8 Å². The van der Waals surface area contributed by atoms with Crippen molar-refractivity contribution in [2.75, 3.05) is 49.2 Å². The van der Waals surface area contributed by atoms with E-state index in [0.717, 1.165) is 73.1 Å². The van der Waals surface area contributed by atoms with Gasteiger partial charge < -0.3 is 14.5 Å². The molecule has 3 aromatic rings. The summed E-state index contributed by atoms with van der Waals surface area (Å²) in [4.78, 5) is 17.8. The van der Waals surface area contributed by atoms with E-state index in [-0.39, 0.29) is 6.04 Å². The molecule has 0 radical (unpaired) electrons. The fourth-order valence-electron chi connectivity index (χ4n) is 4.60. The Morgan fingerprint density at radius 1 is 1.12 bits per heavy atom. The van der Waals surface area contributed by atoms with Crippen molar-refractivity contribution in [3.63, 3.8) is 0 Å². The predicted molar refractivity (Wildman–Crippen MR) is 130 cm³/mol. The van der Waals surface area contributed by atoms with E-state index in [1.807, 2.05) is 6.92 Å². The summed E-state index contributed by atoms with van der Waals surface area (Å²) in [5, 5.41) is 1.73. The molecule has 176 valence electrons. The molecule has 0 spiro atoms. The lowest BCUT2D eigenvalue weighted by Gasteiger charge is -2.34. The van der Waals surface area contributed by atoms with E-state index in [4.69, 9.17) is 4.74 Å². The smallest absolute Gasteiger partial charge is 0.252 e. The van der Waals surface area contributed by atoms with Crippen LogP contribution in [0.1, 0.15) is 23.5 Å². The molecule has 0 amide bonds. The second-order valence-electron chi connectivity index (χ2n) is 8.51. The van der Waals surface area contributed by atoms with E-state index in [1.165, 1.54) is 11.3 Å². The van der Waals surface area contributed by atoms with Gasteiger partial charge in [0.2, 0.25) is 0 Å². The van der Waals surface area contributed by atoms with Gasteiger partial charge in [-0.1, -0.05) is 0 Å². The summed E-state index contributed by atoms with van der Waals surface area (Å²) >= 11 is 1.21. The van der Waals surface area contributed by atoms with Gasteiger partial charge in [0.1, 0.15) is 12.1 Å². The van der Waals surface area contributed by atoms with E-state index in [9.17, 15) is 8.42 Å². The van der Waals surface area contributed by atoms with Gasteiger partial charge in [0.25, 0.3) is 10.0 Å². The maximum absolute atomic E-state index is 13.0. The summed E-state index contributed by atoms with van der Waals surface area (Å²) in [5.74, 6) is 0.849. The number of sulfonamides is 1. The monoisotopic (exact) mass is 488 g/mol. The first-order valence-electron chi connectivity index (χ1n) is 11.2. The zero-order valence-corrected chi connectivity index (χ0v) is 20.5. The lowest BCUT2D eigenvalue weighted by atomic mass is 10.1. The Hall–Kier alpha value is -2.34. The van der Waals surface area contributed by atoms with Crippen LogP contribution in [0.15, 0.2) is 28.7 Å². The third kappa shape index (κ3) is 4.68. The fourth-order valence-corrected chi connectivity index (χ4v) is 7.36. The van der Waals surface area contributed by atoms with Crippen molar-refractivity contribution in [1.82, 2.24) is 19.7 Å². The van der Waals surface area contributed by atoms with Crippen molar-refractivity contribution in [3.8, 4) is 0 Å². The van der Waals surface area contributed by atoms with Crippen LogP contribution in [0.5, 0.6) is 0 Å². The summed E-state index contributed by atoms with van der Waals surface area (Å²) in [7, 11) is -3.61. The number of thiazole rings is 1. The molecule has 1 N–H and O–H groups in total. The largest absolute Gasteiger partial charge is 0.378 e. The van der Waals surface area contributed by atoms with Crippen molar-refractivity contribution in [3.05, 3.63) is 35.2 Å². The number of piperidine rings is 1. The van der Waals surface area contributed by atoms with Gasteiger partial charge in [-0.3, -0.25) is 0 Å². The highest BCUT2D eigenvalue weighted by Crippen LogP contribution is 2.30. The molecule has 0 aliphatic carbocycles. The topological polar surface area (TPSA) is 101 Å². The van der Waals surface area contributed by atoms with Gasteiger partial charge in [-0.05, 0) is 44.9 Å². The summed E-state index contributed by atoms with van der Waals surface area (Å²) in [6.07, 6.45) is 3.26. The van der Waals surface area contributed by atoms with E-state index in [2.05, 4.69) is 47.7 Å². The Bertz CT molecular complexity index is 1260. The molecule has 1 aromatic carbocycles. The summed E-state index contributed by atoms with van der Waals surface area (Å²) in [6, 6.07) is 6.10. The molecule has 1 atom stereocenters. The van der Waals surface area contributed by atoms with Gasteiger partial charge in [-0.2, -0.15) is 0 Å². The molecule has 2 aliphatic rings. The van der Waals surface area contributed by atoms with Crippen LogP contribution in [-0.4, -0.2) is 68.8 Å². The SMILES string of the molecule is Cc1nc(C)c(S(=O)(=O)NC2CCCN(c3ncnc4cc(N5CCOCC5)ccc34)C2)s1. The number of nitrogens with zero attached hydrogens (tertiary/aromatic N) is 5. The Labute approximate surface area is 197 Å². The second-order valence-corrected chi connectivity index (χ2v) is 11.6. The molecule has 5 rings (SSSR count). The van der Waals surface area contributed by atoms with Crippen LogP contribution in [0.4, 0.5) is 11.5 Å². The Kier molecular flexibility index (Phi) is 6.21. The number of nitrogens with one attached hydrogen (secondary N) is 1. The van der Waals surface area contributed by atoms with Crippen LogP contribution in [0, 0.1) is 13.8 Å². The Morgan fingerprint density at radius 2 is 1.94 bits per heavy atom. The van der Waals surface area contributed by atoms with Gasteiger partial charge in [0.15, 0.2) is 4.21 Å². The molecule has 9 nitrogen and oxygen atoms in total. The van der Waals surface area contributed by atoms with Crippen molar-refractivity contribution >= 4 is 43.8 Å². The van der Waals surface area contributed by atoms with E-state index < -0.39 is 10.0 Å². The average Bonchev–Trinajstić information content (AvgIpc) is 3.17. The number of rotatable bonds is 5. The molecule has 4 heterocycles. The highest BCUT2D eigenvalue weighted by molar-refractivity contribution is 7.91. The maximum atomic E-state index is 13.0. The Balaban J connectivity index is 1.36. The zero-order valence-electron chi connectivity index (χ0n) is 18.8. The van der Waals surface area contributed by atoms with E-state index in [1.54, 1.807) is 13.3 Å². The van der Waals surface area contributed by atoms with Gasteiger partial charge >= 0.3 is 0 Å². The van der Waals surface area contributed by atoms with Crippen molar-refractivity contribution < 1.29 is 13.2 Å². The van der Waals surface area contributed by atoms with E-state index >= 15 is 0 Å². The molecular formula is C22H28N6O3S2. The number of anilines is 2. The minimum absolute atomic E-state index is 0.191. The van der Waals surface area contributed by atoms with Crippen LogP contribution >= 0.6 is 11.3 Å². The lowest BCUT2D eigenvalue weighted by molar-refractivity contribution is 0.122. The first kappa shape index (κ1) is 22.5. The van der Waals surface area contributed by atoms with Gasteiger partial charge in [-0.25, -0.2) is 28.1 Å². The fraction of sp³-hybridized carbons (Fsp3) is 0.500. The number of morpholine rings is 1. The number of benzene rings is 1. The van der Waals surface area contributed by atoms with Crippen molar-refractivity contribution in [2.45, 2.75) is 36.9 Å². The number of fused-ring (bicyclic) bond motifs is 1. The van der Waals surface area contributed by atoms with Gasteiger partial charge in [0.05, 0.1) is 29.4 Å². The molecule has 0 saturated carbocycles. The van der Waals surface area contributed by atoms with Crippen LogP contribution in [0.2, 0.25) is 0 Å². The van der Waals surface area contributed by atoms with Crippen LogP contribution < -0.4 is 14.5 Å². The number of aryl methyl sites for hydroxylation is 2. The minimum atomic E-state index is -3.61.